The summed E-state index contributed by atoms with van der Waals surface area (Å²) in [5.41, 5.74) is 1.15. The molecule has 1 atom stereocenters. The molecule has 3 nitrogen and oxygen atoms in total. The largest absolute Gasteiger partial charge is 0.341 e. The van der Waals surface area contributed by atoms with Crippen molar-refractivity contribution >= 4 is 34.2 Å². The summed E-state index contributed by atoms with van der Waals surface area (Å²) in [6, 6.07) is 8.05. The van der Waals surface area contributed by atoms with Crippen LogP contribution in [0, 0.1) is 5.92 Å². The molecule has 0 unspecified atom stereocenters. The average molecular weight is 348 g/mol. The molecule has 2 rings (SSSR count). The molecule has 1 aliphatic rings. The van der Waals surface area contributed by atoms with Crippen molar-refractivity contribution in [3.05, 3.63) is 34.3 Å². The summed E-state index contributed by atoms with van der Waals surface area (Å²) in [5, 5.41) is 3.29. The third-order valence-electron chi connectivity index (χ3n) is 3.39. The summed E-state index contributed by atoms with van der Waals surface area (Å²) in [6.45, 7) is 2.52. The number of amides is 1. The van der Waals surface area contributed by atoms with Crippen LogP contribution in [0.1, 0.15) is 18.4 Å². The molecule has 0 radical (unpaired) electrons. The Bertz CT molecular complexity index is 422. The first-order valence-electron chi connectivity index (χ1n) is 6.37. The van der Waals surface area contributed by atoms with Crippen molar-refractivity contribution < 1.29 is 4.79 Å². The summed E-state index contributed by atoms with van der Waals surface area (Å²) in [5.74, 6) is 0.393. The Kier molecular flexibility index (Phi) is 6.83. The standard InChI is InChI=1S/C14H19BrN2O.ClH/c1-17(10-12-5-2-3-7-13(12)15)14(18)11-6-4-8-16-9-11;/h2-3,5,7,11,16H,4,6,8-10H2,1H3;1H/t11-;/m1./s1. The maximum Gasteiger partial charge on any atom is 0.227 e. The lowest BCUT2D eigenvalue weighted by atomic mass is 9.98. The first-order chi connectivity index (χ1) is 8.68. The second kappa shape index (κ2) is 7.88. The van der Waals surface area contributed by atoms with Crippen molar-refractivity contribution in [2.45, 2.75) is 19.4 Å². The Labute approximate surface area is 129 Å². The number of halogens is 2. The molecule has 0 saturated carbocycles. The van der Waals surface area contributed by atoms with Crippen LogP contribution < -0.4 is 5.32 Å². The molecular formula is C14H20BrClN2O. The fraction of sp³-hybridized carbons (Fsp3) is 0.500. The molecule has 0 spiro atoms. The fourth-order valence-electron chi connectivity index (χ4n) is 2.33. The van der Waals surface area contributed by atoms with E-state index in [0.29, 0.717) is 6.54 Å². The van der Waals surface area contributed by atoms with Gasteiger partial charge in [0.2, 0.25) is 5.91 Å². The third kappa shape index (κ3) is 4.48. The highest BCUT2D eigenvalue weighted by Gasteiger charge is 2.24. The fourth-order valence-corrected chi connectivity index (χ4v) is 2.74. The summed E-state index contributed by atoms with van der Waals surface area (Å²) in [4.78, 5) is 14.1. The van der Waals surface area contributed by atoms with E-state index in [1.54, 1.807) is 0 Å². The molecule has 1 heterocycles. The van der Waals surface area contributed by atoms with Crippen LogP contribution in [0.15, 0.2) is 28.7 Å². The molecule has 1 saturated heterocycles. The van der Waals surface area contributed by atoms with Crippen molar-refractivity contribution in [2.75, 3.05) is 20.1 Å². The van der Waals surface area contributed by atoms with Crippen molar-refractivity contribution in [1.29, 1.82) is 0 Å². The number of nitrogens with zero attached hydrogens (tertiary/aromatic N) is 1. The molecule has 0 aromatic heterocycles. The van der Waals surface area contributed by atoms with Gasteiger partial charge in [-0.05, 0) is 31.0 Å². The number of carbonyl (C=O) groups excluding carboxylic acids is 1. The van der Waals surface area contributed by atoms with Gasteiger partial charge in [-0.2, -0.15) is 0 Å². The number of benzene rings is 1. The number of carbonyl (C=O) groups is 1. The lowest BCUT2D eigenvalue weighted by Crippen LogP contribution is -2.41. The summed E-state index contributed by atoms with van der Waals surface area (Å²) < 4.78 is 1.06. The van der Waals surface area contributed by atoms with Gasteiger partial charge in [0.1, 0.15) is 0 Å². The SMILES string of the molecule is CN(Cc1ccccc1Br)C(=O)[C@@H]1CCCNC1.Cl. The molecule has 1 fully saturated rings. The summed E-state index contributed by atoms with van der Waals surface area (Å²) in [7, 11) is 1.89. The maximum atomic E-state index is 12.3. The number of rotatable bonds is 3. The predicted molar refractivity (Wildman–Crippen MR) is 83.5 cm³/mol. The van der Waals surface area contributed by atoms with Gasteiger partial charge in [0.15, 0.2) is 0 Å². The number of hydrogen-bond acceptors (Lipinski definition) is 2. The first kappa shape index (κ1) is 16.5. The van der Waals surface area contributed by atoms with Crippen molar-refractivity contribution in [3.63, 3.8) is 0 Å². The molecule has 19 heavy (non-hydrogen) atoms. The minimum atomic E-state index is 0. The third-order valence-corrected chi connectivity index (χ3v) is 4.16. The van der Waals surface area contributed by atoms with Gasteiger partial charge in [0.05, 0.1) is 5.92 Å². The maximum absolute atomic E-state index is 12.3. The smallest absolute Gasteiger partial charge is 0.227 e. The molecule has 0 bridgehead atoms. The van der Waals surface area contributed by atoms with E-state index in [4.69, 9.17) is 0 Å². The van der Waals surface area contributed by atoms with Crippen LogP contribution in [0.5, 0.6) is 0 Å². The van der Waals surface area contributed by atoms with E-state index in [-0.39, 0.29) is 24.2 Å². The summed E-state index contributed by atoms with van der Waals surface area (Å²) >= 11 is 3.52. The van der Waals surface area contributed by atoms with Crippen LogP contribution in [0.4, 0.5) is 0 Å². The molecule has 1 aliphatic heterocycles. The second-order valence-electron chi connectivity index (χ2n) is 4.83. The van der Waals surface area contributed by atoms with Gasteiger partial charge in [-0.3, -0.25) is 4.79 Å². The Morgan fingerprint density at radius 2 is 2.21 bits per heavy atom. The van der Waals surface area contributed by atoms with Gasteiger partial charge < -0.3 is 10.2 Å². The van der Waals surface area contributed by atoms with Crippen LogP contribution in [-0.4, -0.2) is 30.9 Å². The van der Waals surface area contributed by atoms with Crippen LogP contribution in [0.25, 0.3) is 0 Å². The highest BCUT2D eigenvalue weighted by molar-refractivity contribution is 9.10. The van der Waals surface area contributed by atoms with Crippen LogP contribution >= 0.6 is 28.3 Å². The molecule has 1 N–H and O–H groups in total. The topological polar surface area (TPSA) is 32.3 Å². The Morgan fingerprint density at radius 3 is 2.84 bits per heavy atom. The molecule has 1 aromatic carbocycles. The highest BCUT2D eigenvalue weighted by atomic mass is 79.9. The van der Waals surface area contributed by atoms with Crippen molar-refractivity contribution in [2.24, 2.45) is 5.92 Å². The van der Waals surface area contributed by atoms with Crippen LogP contribution in [0.2, 0.25) is 0 Å². The van der Waals surface area contributed by atoms with Gasteiger partial charge in [-0.15, -0.1) is 12.4 Å². The van der Waals surface area contributed by atoms with E-state index < -0.39 is 0 Å². The minimum Gasteiger partial charge on any atom is -0.341 e. The summed E-state index contributed by atoms with van der Waals surface area (Å²) in [6.07, 6.45) is 2.10. The van der Waals surface area contributed by atoms with Gasteiger partial charge in [-0.1, -0.05) is 34.1 Å². The molecule has 5 heteroatoms. The highest BCUT2D eigenvalue weighted by Crippen LogP contribution is 2.19. The Hall–Kier alpha value is -0.580. The van der Waals surface area contributed by atoms with E-state index in [2.05, 4.69) is 21.2 Å². The van der Waals surface area contributed by atoms with Gasteiger partial charge in [0, 0.05) is 24.6 Å². The molecule has 106 valence electrons. The zero-order valence-electron chi connectivity index (χ0n) is 11.1. The quantitative estimate of drug-likeness (QED) is 0.912. The zero-order chi connectivity index (χ0) is 13.0. The van der Waals surface area contributed by atoms with E-state index in [9.17, 15) is 4.79 Å². The lowest BCUT2D eigenvalue weighted by molar-refractivity contribution is -0.135. The lowest BCUT2D eigenvalue weighted by Gasteiger charge is -2.27. The molecule has 1 amide bonds. The van der Waals surface area contributed by atoms with Gasteiger partial charge >= 0.3 is 0 Å². The monoisotopic (exact) mass is 346 g/mol. The predicted octanol–water partition coefficient (Wildman–Crippen LogP) is 2.83. The van der Waals surface area contributed by atoms with Crippen molar-refractivity contribution in [3.8, 4) is 0 Å². The number of hydrogen-bond donors (Lipinski definition) is 1. The van der Waals surface area contributed by atoms with Gasteiger partial charge in [-0.25, -0.2) is 0 Å². The van der Waals surface area contributed by atoms with Gasteiger partial charge in [0.25, 0.3) is 0 Å². The molecular weight excluding hydrogens is 328 g/mol. The van der Waals surface area contributed by atoms with E-state index in [1.165, 1.54) is 0 Å². The minimum absolute atomic E-state index is 0. The van der Waals surface area contributed by atoms with Crippen molar-refractivity contribution in [1.82, 2.24) is 10.2 Å². The number of nitrogens with one attached hydrogen (secondary N) is 1. The Balaban J connectivity index is 0.00000180. The van der Waals surface area contributed by atoms with E-state index in [0.717, 1.165) is 36.0 Å². The van der Waals surface area contributed by atoms with E-state index >= 15 is 0 Å². The normalized spacial score (nSPS) is 18.5. The molecule has 1 aromatic rings. The first-order valence-corrected chi connectivity index (χ1v) is 7.17. The number of piperidine rings is 1. The Morgan fingerprint density at radius 1 is 1.47 bits per heavy atom. The van der Waals surface area contributed by atoms with Crippen LogP contribution in [-0.2, 0) is 11.3 Å². The van der Waals surface area contributed by atoms with E-state index in [1.807, 2.05) is 36.2 Å². The van der Waals surface area contributed by atoms with Crippen LogP contribution in [0.3, 0.4) is 0 Å². The average Bonchev–Trinajstić information content (AvgIpc) is 2.41. The zero-order valence-corrected chi connectivity index (χ0v) is 13.5. The molecule has 0 aliphatic carbocycles. The second-order valence-corrected chi connectivity index (χ2v) is 5.68.